The van der Waals surface area contributed by atoms with Crippen molar-refractivity contribution < 1.29 is 18.0 Å². The second kappa shape index (κ2) is 5.40. The molecule has 1 aromatic carbocycles. The lowest BCUT2D eigenvalue weighted by molar-refractivity contribution is 0.343. The summed E-state index contributed by atoms with van der Waals surface area (Å²) in [6, 6.07) is 2.97. The van der Waals surface area contributed by atoms with Crippen LogP contribution in [-0.2, 0) is 21.7 Å². The molecular weight excluding hydrogens is 361 g/mol. The van der Waals surface area contributed by atoms with E-state index in [0.717, 1.165) is 19.1 Å². The van der Waals surface area contributed by atoms with Gasteiger partial charge < -0.3 is 9.63 Å². The lowest BCUT2D eigenvalue weighted by atomic mass is 10.0. The Labute approximate surface area is 144 Å². The Morgan fingerprint density at radius 2 is 1.96 bits per heavy atom. The fourth-order valence-electron chi connectivity index (χ4n) is 2.42. The van der Waals surface area contributed by atoms with E-state index in [9.17, 15) is 13.5 Å². The van der Waals surface area contributed by atoms with Crippen LogP contribution in [0.25, 0.3) is 0 Å². The summed E-state index contributed by atoms with van der Waals surface area (Å²) < 4.78 is 28.6. The Morgan fingerprint density at radius 1 is 1.30 bits per heavy atom. The third-order valence-corrected chi connectivity index (χ3v) is 6.34. The third kappa shape index (κ3) is 2.95. The molecule has 0 spiro atoms. The molecule has 1 fully saturated rings. The van der Waals surface area contributed by atoms with Crippen molar-refractivity contribution in [3.05, 3.63) is 39.2 Å². The van der Waals surface area contributed by atoms with Gasteiger partial charge in [-0.05, 0) is 24.5 Å². The molecule has 8 heteroatoms. The monoisotopic (exact) mass is 375 g/mol. The van der Waals surface area contributed by atoms with Gasteiger partial charge in [-0.1, -0.05) is 41.3 Å². The molecule has 5 nitrogen and oxygen atoms in total. The van der Waals surface area contributed by atoms with Crippen LogP contribution in [-0.4, -0.2) is 24.9 Å². The maximum Gasteiger partial charge on any atom is 0.184 e. The van der Waals surface area contributed by atoms with Crippen molar-refractivity contribution in [3.8, 4) is 5.75 Å². The smallest absolute Gasteiger partial charge is 0.184 e. The number of aromatic nitrogens is 1. The number of nitrogens with zero attached hydrogens (tertiary/aromatic N) is 1. The molecule has 23 heavy (non-hydrogen) atoms. The Balaban J connectivity index is 1.96. The van der Waals surface area contributed by atoms with Gasteiger partial charge >= 0.3 is 0 Å². The molecule has 0 atom stereocenters. The molecule has 0 unspecified atom stereocenters. The van der Waals surface area contributed by atoms with Crippen LogP contribution in [0.15, 0.2) is 21.6 Å². The molecule has 124 valence electrons. The zero-order valence-corrected chi connectivity index (χ0v) is 14.9. The van der Waals surface area contributed by atoms with Gasteiger partial charge in [-0.2, -0.15) is 0 Å². The van der Waals surface area contributed by atoms with Gasteiger partial charge in [0.25, 0.3) is 0 Å². The maximum atomic E-state index is 11.6. The number of aromatic hydroxyl groups is 1. The van der Waals surface area contributed by atoms with Crippen LogP contribution in [0, 0.1) is 0 Å². The van der Waals surface area contributed by atoms with E-state index in [4.69, 9.17) is 27.7 Å². The first kappa shape index (κ1) is 16.6. The fraction of sp³-hybridized carbons (Fsp3) is 0.400. The fourth-order valence-corrected chi connectivity index (χ4v) is 4.06. The van der Waals surface area contributed by atoms with E-state index in [0.29, 0.717) is 17.0 Å². The molecule has 0 amide bonds. The zero-order chi connectivity index (χ0) is 17.0. The van der Waals surface area contributed by atoms with E-state index in [1.54, 1.807) is 6.07 Å². The highest BCUT2D eigenvalue weighted by molar-refractivity contribution is 7.90. The van der Waals surface area contributed by atoms with Crippen LogP contribution in [0.5, 0.6) is 5.75 Å². The first-order valence-electron chi connectivity index (χ1n) is 6.98. The average molecular weight is 376 g/mol. The first-order valence-corrected chi connectivity index (χ1v) is 9.63. The molecular formula is C15H15Cl2NO4S. The van der Waals surface area contributed by atoms with Gasteiger partial charge in [-0.25, -0.2) is 8.42 Å². The molecule has 0 bridgehead atoms. The summed E-state index contributed by atoms with van der Waals surface area (Å²) in [5.74, 6) is 0.520. The maximum absolute atomic E-state index is 11.6. The SMILES string of the molecule is CC1(c2onc(Cc3ccc(S(C)(=O)=O)c(Cl)c3Cl)c2O)CC1. The number of hydrogen-bond acceptors (Lipinski definition) is 5. The van der Waals surface area contributed by atoms with Crippen molar-refractivity contribution in [2.24, 2.45) is 0 Å². The zero-order valence-electron chi connectivity index (χ0n) is 12.6. The van der Waals surface area contributed by atoms with Gasteiger partial charge in [0.05, 0.1) is 14.9 Å². The van der Waals surface area contributed by atoms with E-state index in [2.05, 4.69) is 5.16 Å². The van der Waals surface area contributed by atoms with Crippen molar-refractivity contribution in [1.82, 2.24) is 5.16 Å². The standard InChI is InChI=1S/C15H15Cl2NO4S/c1-15(5-6-15)14-13(19)9(18-22-14)7-8-3-4-10(23(2,20)21)12(17)11(8)16/h3-4,19H,5-7H2,1-2H3. The van der Waals surface area contributed by atoms with Gasteiger partial charge in [-0.15, -0.1) is 0 Å². The number of halogens is 2. The van der Waals surface area contributed by atoms with Crippen LogP contribution in [0.1, 0.15) is 36.8 Å². The third-order valence-electron chi connectivity index (χ3n) is 4.17. The molecule has 0 saturated heterocycles. The minimum absolute atomic E-state index is 0.0240. The lowest BCUT2D eigenvalue weighted by Crippen LogP contribution is -2.01. The molecule has 3 rings (SSSR count). The quantitative estimate of drug-likeness (QED) is 0.880. The summed E-state index contributed by atoms with van der Waals surface area (Å²) in [6.07, 6.45) is 3.17. The second-order valence-electron chi connectivity index (χ2n) is 6.17. The topological polar surface area (TPSA) is 80.4 Å². The second-order valence-corrected chi connectivity index (χ2v) is 8.91. The largest absolute Gasteiger partial charge is 0.503 e. The summed E-state index contributed by atoms with van der Waals surface area (Å²) in [6.45, 7) is 2.00. The van der Waals surface area contributed by atoms with E-state index in [-0.39, 0.29) is 32.5 Å². The molecule has 1 aromatic heterocycles. The molecule has 1 heterocycles. The predicted octanol–water partition coefficient (Wildman–Crippen LogP) is 3.73. The molecule has 0 aliphatic heterocycles. The molecule has 2 aromatic rings. The molecule has 1 N–H and O–H groups in total. The molecule has 1 aliphatic rings. The predicted molar refractivity (Wildman–Crippen MR) is 87.1 cm³/mol. The van der Waals surface area contributed by atoms with Gasteiger partial charge in [0.15, 0.2) is 21.3 Å². The van der Waals surface area contributed by atoms with Gasteiger partial charge in [0.1, 0.15) is 5.69 Å². The van der Waals surface area contributed by atoms with Crippen molar-refractivity contribution in [2.45, 2.75) is 36.5 Å². The minimum atomic E-state index is -3.46. The summed E-state index contributed by atoms with van der Waals surface area (Å²) in [4.78, 5) is -0.0246. The highest BCUT2D eigenvalue weighted by Gasteiger charge is 2.45. The normalized spacial score (nSPS) is 16.5. The van der Waals surface area contributed by atoms with Crippen LogP contribution < -0.4 is 0 Å². The summed E-state index contributed by atoms with van der Waals surface area (Å²) in [5.41, 5.74) is 0.787. The Kier molecular flexibility index (Phi) is 3.90. The van der Waals surface area contributed by atoms with Crippen molar-refractivity contribution >= 4 is 33.0 Å². The van der Waals surface area contributed by atoms with Gasteiger partial charge in [0, 0.05) is 18.1 Å². The van der Waals surface area contributed by atoms with Crippen LogP contribution in [0.2, 0.25) is 10.0 Å². The molecule has 1 saturated carbocycles. The highest BCUT2D eigenvalue weighted by atomic mass is 35.5. The number of sulfone groups is 1. The first-order chi connectivity index (χ1) is 10.6. The Hall–Kier alpha value is -1.24. The summed E-state index contributed by atoms with van der Waals surface area (Å²) in [5, 5.41) is 14.3. The Morgan fingerprint density at radius 3 is 2.52 bits per heavy atom. The van der Waals surface area contributed by atoms with Gasteiger partial charge in [-0.3, -0.25) is 0 Å². The number of hydrogen-bond donors (Lipinski definition) is 1. The lowest BCUT2D eigenvalue weighted by Gasteiger charge is -2.08. The summed E-state index contributed by atoms with van der Waals surface area (Å²) in [7, 11) is -3.46. The highest BCUT2D eigenvalue weighted by Crippen LogP contribution is 2.51. The molecule has 0 radical (unpaired) electrons. The van der Waals surface area contributed by atoms with Crippen LogP contribution in [0.3, 0.4) is 0 Å². The van der Waals surface area contributed by atoms with Crippen LogP contribution >= 0.6 is 23.2 Å². The van der Waals surface area contributed by atoms with Crippen molar-refractivity contribution in [2.75, 3.05) is 6.26 Å². The molecule has 1 aliphatic carbocycles. The van der Waals surface area contributed by atoms with Crippen molar-refractivity contribution in [3.63, 3.8) is 0 Å². The number of benzene rings is 1. The summed E-state index contributed by atoms with van der Waals surface area (Å²) >= 11 is 12.2. The van der Waals surface area contributed by atoms with Gasteiger partial charge in [0.2, 0.25) is 0 Å². The van der Waals surface area contributed by atoms with E-state index in [1.807, 2.05) is 6.92 Å². The number of rotatable bonds is 4. The Bertz CT molecular complexity index is 885. The van der Waals surface area contributed by atoms with E-state index < -0.39 is 9.84 Å². The van der Waals surface area contributed by atoms with E-state index in [1.165, 1.54) is 6.07 Å². The van der Waals surface area contributed by atoms with Crippen molar-refractivity contribution in [1.29, 1.82) is 0 Å². The van der Waals surface area contributed by atoms with E-state index >= 15 is 0 Å². The minimum Gasteiger partial charge on any atom is -0.503 e. The van der Waals surface area contributed by atoms with Crippen LogP contribution in [0.4, 0.5) is 0 Å². The average Bonchev–Trinajstić information content (AvgIpc) is 3.08.